The first-order valence-electron chi connectivity index (χ1n) is 9.36. The highest BCUT2D eigenvalue weighted by atomic mass is 32.2. The number of nitrogens with one attached hydrogen (secondary N) is 1. The van der Waals surface area contributed by atoms with Crippen LogP contribution >= 0.6 is 11.8 Å². The number of nitrogens with zero attached hydrogens (tertiary/aromatic N) is 2. The summed E-state index contributed by atoms with van der Waals surface area (Å²) in [6.07, 6.45) is 3.65. The van der Waals surface area contributed by atoms with Crippen LogP contribution in [-0.4, -0.2) is 21.4 Å². The van der Waals surface area contributed by atoms with E-state index in [2.05, 4.69) is 17.4 Å². The van der Waals surface area contributed by atoms with E-state index in [9.17, 15) is 4.79 Å². The molecule has 0 fully saturated rings. The summed E-state index contributed by atoms with van der Waals surface area (Å²) in [7, 11) is 0. The van der Waals surface area contributed by atoms with Crippen LogP contribution in [0.4, 0.5) is 0 Å². The van der Waals surface area contributed by atoms with Gasteiger partial charge in [-0.05, 0) is 24.3 Å². The van der Waals surface area contributed by atoms with Gasteiger partial charge in [0.25, 0.3) is 0 Å². The molecular formula is C23H21N3O2S. The van der Waals surface area contributed by atoms with Crippen molar-refractivity contribution in [3.05, 3.63) is 96.6 Å². The van der Waals surface area contributed by atoms with Crippen molar-refractivity contribution in [2.24, 2.45) is 0 Å². The fourth-order valence-electron chi connectivity index (χ4n) is 2.97. The van der Waals surface area contributed by atoms with E-state index in [4.69, 9.17) is 9.52 Å². The molecule has 5 nitrogen and oxygen atoms in total. The van der Waals surface area contributed by atoms with Crippen LogP contribution in [0, 0.1) is 0 Å². The second kappa shape index (κ2) is 9.30. The van der Waals surface area contributed by atoms with Gasteiger partial charge < -0.3 is 9.73 Å². The molecule has 0 radical (unpaired) electrons. The molecular weight excluding hydrogens is 382 g/mol. The number of benzene rings is 2. The zero-order valence-corrected chi connectivity index (χ0v) is 16.6. The van der Waals surface area contributed by atoms with Gasteiger partial charge in [0.2, 0.25) is 5.91 Å². The minimum Gasteiger partial charge on any atom is -0.467 e. The van der Waals surface area contributed by atoms with Crippen LogP contribution in [0.1, 0.15) is 11.3 Å². The topological polar surface area (TPSA) is 60.1 Å². The number of hydrogen-bond donors (Lipinski definition) is 1. The fourth-order valence-corrected chi connectivity index (χ4v) is 3.79. The van der Waals surface area contributed by atoms with Crippen LogP contribution < -0.4 is 5.32 Å². The van der Waals surface area contributed by atoms with Crippen molar-refractivity contribution in [1.82, 2.24) is 15.1 Å². The van der Waals surface area contributed by atoms with Crippen LogP contribution in [0.5, 0.6) is 0 Å². The molecule has 2 aromatic heterocycles. The van der Waals surface area contributed by atoms with Gasteiger partial charge in [0, 0.05) is 23.1 Å². The predicted octanol–water partition coefficient (Wildman–Crippen LogP) is 4.68. The van der Waals surface area contributed by atoms with E-state index in [0.717, 1.165) is 28.3 Å². The number of rotatable bonds is 8. The Morgan fingerprint density at radius 3 is 2.48 bits per heavy atom. The van der Waals surface area contributed by atoms with Crippen molar-refractivity contribution >= 4 is 17.7 Å². The first-order valence-corrected chi connectivity index (χ1v) is 10.5. The van der Waals surface area contributed by atoms with E-state index in [1.165, 1.54) is 0 Å². The molecule has 2 heterocycles. The molecule has 0 spiro atoms. The zero-order chi connectivity index (χ0) is 19.9. The molecule has 0 aliphatic carbocycles. The Morgan fingerprint density at radius 1 is 1.00 bits per heavy atom. The van der Waals surface area contributed by atoms with Crippen LogP contribution in [0.3, 0.4) is 0 Å². The lowest BCUT2D eigenvalue weighted by atomic mass is 10.1. The maximum Gasteiger partial charge on any atom is 0.230 e. The van der Waals surface area contributed by atoms with Gasteiger partial charge in [-0.3, -0.25) is 4.79 Å². The van der Waals surface area contributed by atoms with Crippen molar-refractivity contribution in [3.63, 3.8) is 0 Å². The molecule has 0 unspecified atom stereocenters. The molecule has 0 saturated carbocycles. The van der Waals surface area contributed by atoms with Gasteiger partial charge in [0.1, 0.15) is 5.76 Å². The van der Waals surface area contributed by atoms with E-state index in [-0.39, 0.29) is 5.91 Å². The van der Waals surface area contributed by atoms with Crippen molar-refractivity contribution in [2.45, 2.75) is 12.3 Å². The Balaban J connectivity index is 1.44. The molecule has 4 aromatic rings. The highest BCUT2D eigenvalue weighted by molar-refractivity contribution is 7.99. The third-order valence-electron chi connectivity index (χ3n) is 4.39. The number of para-hydroxylation sites is 1. The smallest absolute Gasteiger partial charge is 0.230 e. The molecule has 1 amide bonds. The Kier molecular flexibility index (Phi) is 6.12. The summed E-state index contributed by atoms with van der Waals surface area (Å²) in [6, 6.07) is 23.8. The minimum absolute atomic E-state index is 0.0110. The summed E-state index contributed by atoms with van der Waals surface area (Å²) in [5, 5.41) is 7.68. The van der Waals surface area contributed by atoms with Gasteiger partial charge in [-0.25, -0.2) is 4.68 Å². The quantitative estimate of drug-likeness (QED) is 0.464. The molecule has 4 rings (SSSR count). The van der Waals surface area contributed by atoms with Crippen LogP contribution in [0.25, 0.3) is 16.9 Å². The number of thioether (sulfide) groups is 1. The van der Waals surface area contributed by atoms with E-state index >= 15 is 0 Å². The van der Waals surface area contributed by atoms with E-state index in [1.54, 1.807) is 18.0 Å². The second-order valence-electron chi connectivity index (χ2n) is 6.50. The molecule has 0 atom stereocenters. The van der Waals surface area contributed by atoms with Crippen molar-refractivity contribution in [3.8, 4) is 16.9 Å². The lowest BCUT2D eigenvalue weighted by molar-refractivity contribution is -0.118. The summed E-state index contributed by atoms with van der Waals surface area (Å²) >= 11 is 1.57. The van der Waals surface area contributed by atoms with Gasteiger partial charge in [0.05, 0.1) is 29.9 Å². The molecule has 0 saturated heterocycles. The van der Waals surface area contributed by atoms with Gasteiger partial charge in [-0.15, -0.1) is 11.8 Å². The maximum absolute atomic E-state index is 12.1. The summed E-state index contributed by atoms with van der Waals surface area (Å²) in [5.41, 5.74) is 4.12. The number of carbonyl (C=O) groups is 1. The lowest BCUT2D eigenvalue weighted by Gasteiger charge is -2.04. The summed E-state index contributed by atoms with van der Waals surface area (Å²) in [4.78, 5) is 12.1. The molecule has 146 valence electrons. The standard InChI is InChI=1S/C23H21N3O2S/c27-22(24-14-21-12-7-13-28-21)17-29-16-19-15-26(20-10-5-2-6-11-20)25-23(19)18-8-3-1-4-9-18/h1-13,15H,14,16-17H2,(H,24,27). The Bertz CT molecular complexity index is 1040. The summed E-state index contributed by atoms with van der Waals surface area (Å²) in [5.74, 6) is 1.82. The average molecular weight is 404 g/mol. The monoisotopic (exact) mass is 403 g/mol. The van der Waals surface area contributed by atoms with Gasteiger partial charge >= 0.3 is 0 Å². The van der Waals surface area contributed by atoms with Gasteiger partial charge in [-0.2, -0.15) is 5.10 Å². The maximum atomic E-state index is 12.1. The largest absolute Gasteiger partial charge is 0.467 e. The van der Waals surface area contributed by atoms with E-state index < -0.39 is 0 Å². The van der Waals surface area contributed by atoms with Crippen LogP contribution in [-0.2, 0) is 17.1 Å². The highest BCUT2D eigenvalue weighted by Crippen LogP contribution is 2.26. The molecule has 2 aromatic carbocycles. The minimum atomic E-state index is -0.0110. The highest BCUT2D eigenvalue weighted by Gasteiger charge is 2.13. The van der Waals surface area contributed by atoms with Crippen molar-refractivity contribution in [1.29, 1.82) is 0 Å². The van der Waals surface area contributed by atoms with Crippen molar-refractivity contribution in [2.75, 3.05) is 5.75 Å². The van der Waals surface area contributed by atoms with Crippen molar-refractivity contribution < 1.29 is 9.21 Å². The SMILES string of the molecule is O=C(CSCc1cn(-c2ccccc2)nc1-c1ccccc1)NCc1ccco1. The number of furan rings is 1. The van der Waals surface area contributed by atoms with E-state index in [0.29, 0.717) is 18.1 Å². The zero-order valence-electron chi connectivity index (χ0n) is 15.8. The van der Waals surface area contributed by atoms with E-state index in [1.807, 2.05) is 71.5 Å². The fraction of sp³-hybridized carbons (Fsp3) is 0.130. The Hall–Kier alpha value is -3.25. The molecule has 1 N–H and O–H groups in total. The number of aromatic nitrogens is 2. The lowest BCUT2D eigenvalue weighted by Crippen LogP contribution is -2.24. The Morgan fingerprint density at radius 2 is 1.76 bits per heavy atom. The average Bonchev–Trinajstić information content (AvgIpc) is 3.44. The first-order chi connectivity index (χ1) is 14.3. The molecule has 29 heavy (non-hydrogen) atoms. The number of amides is 1. The number of carbonyl (C=O) groups excluding carboxylic acids is 1. The second-order valence-corrected chi connectivity index (χ2v) is 7.48. The third kappa shape index (κ3) is 4.97. The Labute approximate surface area is 173 Å². The summed E-state index contributed by atoms with van der Waals surface area (Å²) in [6.45, 7) is 0.410. The normalized spacial score (nSPS) is 10.8. The molecule has 6 heteroatoms. The third-order valence-corrected chi connectivity index (χ3v) is 5.37. The van der Waals surface area contributed by atoms with Crippen LogP contribution in [0.2, 0.25) is 0 Å². The number of hydrogen-bond acceptors (Lipinski definition) is 4. The molecule has 0 aliphatic heterocycles. The summed E-state index contributed by atoms with van der Waals surface area (Å²) < 4.78 is 7.13. The first kappa shape index (κ1) is 19.1. The van der Waals surface area contributed by atoms with Gasteiger partial charge in [0.15, 0.2) is 0 Å². The van der Waals surface area contributed by atoms with Gasteiger partial charge in [-0.1, -0.05) is 48.5 Å². The van der Waals surface area contributed by atoms with Crippen LogP contribution in [0.15, 0.2) is 89.7 Å². The molecule has 0 aliphatic rings. The molecule has 0 bridgehead atoms. The predicted molar refractivity (Wildman–Crippen MR) is 116 cm³/mol.